The molecule has 13 heavy (non-hydrogen) atoms. The van der Waals surface area contributed by atoms with Crippen LogP contribution in [0.4, 0.5) is 0 Å². The van der Waals surface area contributed by atoms with Crippen molar-refractivity contribution < 1.29 is 14.3 Å². The minimum atomic E-state index is -0.552. The normalized spacial score (nSPS) is 25.6. The van der Waals surface area contributed by atoms with Crippen molar-refractivity contribution >= 4 is 5.78 Å². The second-order valence-electron chi connectivity index (χ2n) is 3.69. The molecular weight excluding hydrogens is 168 g/mol. The molecule has 0 aromatic heterocycles. The summed E-state index contributed by atoms with van der Waals surface area (Å²) >= 11 is 0. The van der Waals surface area contributed by atoms with E-state index in [0.717, 1.165) is 25.7 Å². The Balaban J connectivity index is 2.13. The number of hydrogen-bond acceptors (Lipinski definition) is 3. The van der Waals surface area contributed by atoms with E-state index in [-0.39, 0.29) is 5.78 Å². The molecule has 0 unspecified atom stereocenters. The van der Waals surface area contributed by atoms with Gasteiger partial charge in [-0.2, -0.15) is 0 Å². The van der Waals surface area contributed by atoms with Gasteiger partial charge in [0.15, 0.2) is 5.60 Å². The maximum absolute atomic E-state index is 11.6. The zero-order valence-electron chi connectivity index (χ0n) is 7.84. The number of carbonyl (C=O) groups is 1. The number of methoxy groups -OCH3 is 1. The Morgan fingerprint density at radius 3 is 2.62 bits per heavy atom. The molecule has 72 valence electrons. The molecule has 3 nitrogen and oxygen atoms in total. The monoisotopic (exact) mass is 182 g/mol. The smallest absolute Gasteiger partial charge is 0.283 e. The molecule has 0 bridgehead atoms. The SMILES string of the molecule is COC1=CC(=O)C2(CCCCC2)O1. The van der Waals surface area contributed by atoms with E-state index in [0.29, 0.717) is 5.95 Å². The van der Waals surface area contributed by atoms with Crippen LogP contribution in [0.3, 0.4) is 0 Å². The number of rotatable bonds is 1. The topological polar surface area (TPSA) is 35.5 Å². The van der Waals surface area contributed by atoms with Crippen LogP contribution in [0, 0.1) is 0 Å². The van der Waals surface area contributed by atoms with Crippen molar-refractivity contribution in [2.45, 2.75) is 37.7 Å². The van der Waals surface area contributed by atoms with Crippen LogP contribution >= 0.6 is 0 Å². The average molecular weight is 182 g/mol. The first kappa shape index (κ1) is 8.60. The lowest BCUT2D eigenvalue weighted by Gasteiger charge is -2.31. The zero-order valence-corrected chi connectivity index (χ0v) is 7.84. The van der Waals surface area contributed by atoms with Crippen molar-refractivity contribution in [3.8, 4) is 0 Å². The van der Waals surface area contributed by atoms with Crippen LogP contribution in [0.2, 0.25) is 0 Å². The van der Waals surface area contributed by atoms with E-state index in [2.05, 4.69) is 0 Å². The molecule has 1 saturated carbocycles. The molecule has 1 fully saturated rings. The fraction of sp³-hybridized carbons (Fsp3) is 0.700. The first-order chi connectivity index (χ1) is 6.27. The molecule has 1 aliphatic heterocycles. The van der Waals surface area contributed by atoms with Crippen LogP contribution in [0.15, 0.2) is 12.0 Å². The molecule has 0 atom stereocenters. The van der Waals surface area contributed by atoms with Gasteiger partial charge < -0.3 is 9.47 Å². The summed E-state index contributed by atoms with van der Waals surface area (Å²) in [4.78, 5) is 11.6. The second-order valence-corrected chi connectivity index (χ2v) is 3.69. The molecule has 2 rings (SSSR count). The average Bonchev–Trinajstić information content (AvgIpc) is 2.45. The number of carbonyl (C=O) groups excluding carboxylic acids is 1. The van der Waals surface area contributed by atoms with E-state index in [1.54, 1.807) is 0 Å². The lowest BCUT2D eigenvalue weighted by atomic mass is 9.82. The van der Waals surface area contributed by atoms with E-state index in [9.17, 15) is 4.79 Å². The van der Waals surface area contributed by atoms with Gasteiger partial charge in [0.05, 0.1) is 13.2 Å². The Kier molecular flexibility index (Phi) is 2.02. The highest BCUT2D eigenvalue weighted by atomic mass is 16.7. The van der Waals surface area contributed by atoms with Crippen LogP contribution in [0.5, 0.6) is 0 Å². The largest absolute Gasteiger partial charge is 0.469 e. The first-order valence-electron chi connectivity index (χ1n) is 4.76. The summed E-state index contributed by atoms with van der Waals surface area (Å²) in [5.74, 6) is 0.468. The van der Waals surface area contributed by atoms with Crippen molar-refractivity contribution in [3.05, 3.63) is 12.0 Å². The Morgan fingerprint density at radius 2 is 2.08 bits per heavy atom. The van der Waals surface area contributed by atoms with Gasteiger partial charge in [0, 0.05) is 0 Å². The molecule has 1 heterocycles. The van der Waals surface area contributed by atoms with Gasteiger partial charge in [-0.3, -0.25) is 4.79 Å². The van der Waals surface area contributed by atoms with Crippen LogP contribution in [-0.4, -0.2) is 18.5 Å². The Hall–Kier alpha value is -0.990. The van der Waals surface area contributed by atoms with Crippen molar-refractivity contribution in [1.29, 1.82) is 0 Å². The lowest BCUT2D eigenvalue weighted by Crippen LogP contribution is -2.38. The van der Waals surface area contributed by atoms with Crippen LogP contribution in [0.1, 0.15) is 32.1 Å². The summed E-state index contributed by atoms with van der Waals surface area (Å²) in [6, 6.07) is 0. The predicted molar refractivity (Wildman–Crippen MR) is 47.0 cm³/mol. The van der Waals surface area contributed by atoms with E-state index in [4.69, 9.17) is 9.47 Å². The van der Waals surface area contributed by atoms with Gasteiger partial charge in [0.25, 0.3) is 5.95 Å². The highest BCUT2D eigenvalue weighted by Gasteiger charge is 2.45. The third kappa shape index (κ3) is 1.32. The Labute approximate surface area is 77.7 Å². The molecule has 0 radical (unpaired) electrons. The van der Waals surface area contributed by atoms with Crippen molar-refractivity contribution in [2.24, 2.45) is 0 Å². The fourth-order valence-electron chi connectivity index (χ4n) is 2.08. The van der Waals surface area contributed by atoms with Gasteiger partial charge in [-0.05, 0) is 25.7 Å². The maximum Gasteiger partial charge on any atom is 0.283 e. The molecule has 3 heteroatoms. The summed E-state index contributed by atoms with van der Waals surface area (Å²) in [6.45, 7) is 0. The molecule has 1 spiro atoms. The highest BCUT2D eigenvalue weighted by Crippen LogP contribution is 2.38. The maximum atomic E-state index is 11.6. The number of ketones is 1. The predicted octanol–water partition coefficient (Wildman–Crippen LogP) is 1.78. The zero-order chi connectivity index (χ0) is 9.31. The van der Waals surface area contributed by atoms with Gasteiger partial charge in [0.2, 0.25) is 5.78 Å². The summed E-state index contributed by atoms with van der Waals surface area (Å²) in [7, 11) is 1.53. The third-order valence-corrected chi connectivity index (χ3v) is 2.86. The van der Waals surface area contributed by atoms with Crippen LogP contribution in [-0.2, 0) is 14.3 Å². The first-order valence-corrected chi connectivity index (χ1v) is 4.76. The number of ether oxygens (including phenoxy) is 2. The highest BCUT2D eigenvalue weighted by molar-refractivity contribution is 5.99. The summed E-state index contributed by atoms with van der Waals surface area (Å²) in [5.41, 5.74) is -0.552. The van der Waals surface area contributed by atoms with Crippen molar-refractivity contribution in [1.82, 2.24) is 0 Å². The molecule has 0 N–H and O–H groups in total. The van der Waals surface area contributed by atoms with Gasteiger partial charge >= 0.3 is 0 Å². The Morgan fingerprint density at radius 1 is 1.38 bits per heavy atom. The summed E-state index contributed by atoms with van der Waals surface area (Å²) in [5, 5.41) is 0. The van der Waals surface area contributed by atoms with E-state index in [1.807, 2.05) is 0 Å². The standard InChI is InChI=1S/C10H14O3/c1-12-9-7-8(11)10(13-9)5-3-2-4-6-10/h7H,2-6H2,1H3. The Bertz CT molecular complexity index is 249. The number of hydrogen-bond donors (Lipinski definition) is 0. The van der Waals surface area contributed by atoms with E-state index >= 15 is 0 Å². The minimum Gasteiger partial charge on any atom is -0.469 e. The van der Waals surface area contributed by atoms with Gasteiger partial charge in [-0.25, -0.2) is 0 Å². The minimum absolute atomic E-state index is 0.0871. The van der Waals surface area contributed by atoms with Gasteiger partial charge in [-0.1, -0.05) is 6.42 Å². The molecule has 2 aliphatic rings. The van der Waals surface area contributed by atoms with E-state index in [1.165, 1.54) is 19.6 Å². The quantitative estimate of drug-likeness (QED) is 0.620. The second kappa shape index (κ2) is 3.05. The van der Waals surface area contributed by atoms with Crippen molar-refractivity contribution in [2.75, 3.05) is 7.11 Å². The van der Waals surface area contributed by atoms with Crippen molar-refractivity contribution in [3.63, 3.8) is 0 Å². The lowest BCUT2D eigenvalue weighted by molar-refractivity contribution is -0.137. The fourth-order valence-corrected chi connectivity index (χ4v) is 2.08. The molecule has 0 amide bonds. The molecular formula is C10H14O3. The van der Waals surface area contributed by atoms with Crippen LogP contribution < -0.4 is 0 Å². The summed E-state index contributed by atoms with van der Waals surface area (Å²) in [6.07, 6.45) is 6.53. The van der Waals surface area contributed by atoms with Gasteiger partial charge in [0.1, 0.15) is 0 Å². The molecule has 0 aromatic carbocycles. The molecule has 0 saturated heterocycles. The van der Waals surface area contributed by atoms with Crippen LogP contribution in [0.25, 0.3) is 0 Å². The van der Waals surface area contributed by atoms with E-state index < -0.39 is 5.60 Å². The summed E-state index contributed by atoms with van der Waals surface area (Å²) < 4.78 is 10.5. The molecule has 0 aromatic rings. The third-order valence-electron chi connectivity index (χ3n) is 2.86. The molecule has 1 aliphatic carbocycles. The van der Waals surface area contributed by atoms with Gasteiger partial charge in [-0.15, -0.1) is 0 Å².